The van der Waals surface area contributed by atoms with Gasteiger partial charge in [0.05, 0.1) is 4.92 Å². The molecule has 0 saturated carbocycles. The van der Waals surface area contributed by atoms with Crippen LogP contribution < -0.4 is 5.32 Å². The molecule has 0 spiro atoms. The van der Waals surface area contributed by atoms with E-state index in [0.29, 0.717) is 18.9 Å². The fraction of sp³-hybridized carbons (Fsp3) is 0.353. The number of esters is 1. The first-order valence-corrected chi connectivity index (χ1v) is 8.34. The number of carbonyl (C=O) groups is 3. The number of hydrogen-bond donors (Lipinski definition) is 1. The smallest absolute Gasteiger partial charge is 0.454 e. The Morgan fingerprint density at radius 2 is 1.93 bits per heavy atom. The lowest BCUT2D eigenvalue weighted by atomic mass is 10.2. The van der Waals surface area contributed by atoms with Gasteiger partial charge >= 0.3 is 12.1 Å². The number of nitro benzene ring substituents is 1. The molecule has 0 aromatic heterocycles. The molecular weight excluding hydrogens is 399 g/mol. The number of carbonyl (C=O) groups excluding carboxylic acids is 3. The lowest BCUT2D eigenvalue weighted by Gasteiger charge is -2.21. The number of ketones is 1. The molecule has 1 amide bonds. The summed E-state index contributed by atoms with van der Waals surface area (Å²) in [7, 11) is 0. The normalized spacial score (nSPS) is 16.7. The van der Waals surface area contributed by atoms with Crippen molar-refractivity contribution in [2.45, 2.75) is 25.1 Å². The summed E-state index contributed by atoms with van der Waals surface area (Å²) in [6.45, 7) is -0.387. The lowest BCUT2D eigenvalue weighted by molar-refractivity contribution is -0.384. The van der Waals surface area contributed by atoms with Crippen LogP contribution in [0.2, 0.25) is 0 Å². The van der Waals surface area contributed by atoms with Crippen LogP contribution in [0.1, 0.15) is 12.8 Å². The highest BCUT2D eigenvalue weighted by molar-refractivity contribution is 5.94. The second kappa shape index (κ2) is 9.17. The summed E-state index contributed by atoms with van der Waals surface area (Å²) >= 11 is 0. The maximum absolute atomic E-state index is 12.2. The van der Waals surface area contributed by atoms with Gasteiger partial charge < -0.3 is 15.0 Å². The van der Waals surface area contributed by atoms with Crippen LogP contribution >= 0.6 is 0 Å². The fourth-order valence-electron chi connectivity index (χ4n) is 2.57. The minimum absolute atomic E-state index is 0.159. The molecule has 12 heteroatoms. The Kier molecular flexibility index (Phi) is 6.91. The van der Waals surface area contributed by atoms with Crippen molar-refractivity contribution in [3.8, 4) is 0 Å². The number of nitro groups is 1. The van der Waals surface area contributed by atoms with E-state index in [9.17, 15) is 37.7 Å². The molecule has 1 atom stereocenters. The van der Waals surface area contributed by atoms with Crippen LogP contribution in [0.3, 0.4) is 0 Å². The zero-order valence-electron chi connectivity index (χ0n) is 14.8. The SMILES string of the molecule is O=C(COC(=O)C1CCCN1/C=C/C(=O)C(F)(F)F)Nc1ccc([N+](=O)[O-])cc1. The highest BCUT2D eigenvalue weighted by Gasteiger charge is 2.37. The van der Waals surface area contributed by atoms with Gasteiger partial charge in [-0.3, -0.25) is 19.7 Å². The van der Waals surface area contributed by atoms with E-state index in [2.05, 4.69) is 5.32 Å². The third-order valence-electron chi connectivity index (χ3n) is 3.97. The van der Waals surface area contributed by atoms with Crippen LogP contribution in [0.5, 0.6) is 0 Å². The van der Waals surface area contributed by atoms with Crippen molar-refractivity contribution >= 4 is 29.0 Å². The summed E-state index contributed by atoms with van der Waals surface area (Å²) in [6.07, 6.45) is -2.96. The topological polar surface area (TPSA) is 119 Å². The van der Waals surface area contributed by atoms with Crippen molar-refractivity contribution in [2.24, 2.45) is 0 Å². The van der Waals surface area contributed by atoms with E-state index in [0.717, 1.165) is 6.20 Å². The van der Waals surface area contributed by atoms with Crippen LogP contribution in [-0.2, 0) is 19.1 Å². The van der Waals surface area contributed by atoms with E-state index < -0.39 is 41.4 Å². The Labute approximate surface area is 162 Å². The number of nitrogens with zero attached hydrogens (tertiary/aromatic N) is 2. The number of rotatable bonds is 7. The standard InChI is InChI=1S/C17H16F3N3O6/c18-17(19,20)14(24)7-9-22-8-1-2-13(22)16(26)29-10-15(25)21-11-3-5-12(6-4-11)23(27)28/h3-7,9,13H,1-2,8,10H2,(H,21,25)/b9-7+. The Bertz CT molecular complexity index is 823. The number of hydrogen-bond acceptors (Lipinski definition) is 7. The summed E-state index contributed by atoms with van der Waals surface area (Å²) in [5, 5.41) is 13.0. The molecule has 2 rings (SSSR count). The minimum atomic E-state index is -5.00. The molecule has 9 nitrogen and oxygen atoms in total. The Morgan fingerprint density at radius 1 is 1.28 bits per heavy atom. The number of anilines is 1. The van der Waals surface area contributed by atoms with Crippen molar-refractivity contribution in [2.75, 3.05) is 18.5 Å². The third-order valence-corrected chi connectivity index (χ3v) is 3.97. The van der Waals surface area contributed by atoms with Crippen molar-refractivity contribution in [1.82, 2.24) is 4.90 Å². The number of likely N-dealkylation sites (tertiary alicyclic amines) is 1. The average Bonchev–Trinajstić information content (AvgIpc) is 3.12. The number of benzene rings is 1. The highest BCUT2D eigenvalue weighted by Crippen LogP contribution is 2.21. The molecule has 1 aliphatic heterocycles. The van der Waals surface area contributed by atoms with Crippen LogP contribution in [-0.4, -0.2) is 52.9 Å². The van der Waals surface area contributed by atoms with Gasteiger partial charge in [0.2, 0.25) is 0 Å². The van der Waals surface area contributed by atoms with Gasteiger partial charge in [0, 0.05) is 36.6 Å². The van der Waals surface area contributed by atoms with Gasteiger partial charge in [-0.15, -0.1) is 0 Å². The van der Waals surface area contributed by atoms with Gasteiger partial charge in [-0.2, -0.15) is 13.2 Å². The summed E-state index contributed by atoms with van der Waals surface area (Å²) in [5.74, 6) is -3.55. The number of allylic oxidation sites excluding steroid dienone is 1. The van der Waals surface area contributed by atoms with Crippen molar-refractivity contribution < 1.29 is 37.2 Å². The van der Waals surface area contributed by atoms with E-state index in [1.54, 1.807) is 0 Å². The predicted molar refractivity (Wildman–Crippen MR) is 92.6 cm³/mol. The molecule has 1 heterocycles. The second-order valence-corrected chi connectivity index (χ2v) is 6.03. The van der Waals surface area contributed by atoms with E-state index in [-0.39, 0.29) is 17.9 Å². The average molecular weight is 415 g/mol. The first kappa shape index (κ1) is 21.9. The molecule has 1 aromatic carbocycles. The summed E-state index contributed by atoms with van der Waals surface area (Å²) < 4.78 is 41.6. The maximum atomic E-state index is 12.2. The quantitative estimate of drug-likeness (QED) is 0.314. The van der Waals surface area contributed by atoms with Gasteiger partial charge in [0.15, 0.2) is 6.61 Å². The monoisotopic (exact) mass is 415 g/mol. The maximum Gasteiger partial charge on any atom is 0.454 e. The molecule has 0 radical (unpaired) electrons. The molecule has 1 saturated heterocycles. The van der Waals surface area contributed by atoms with Gasteiger partial charge in [-0.05, 0) is 25.0 Å². The number of non-ortho nitro benzene ring substituents is 1. The Balaban J connectivity index is 1.85. The molecule has 1 fully saturated rings. The summed E-state index contributed by atoms with van der Waals surface area (Å²) in [5.41, 5.74) is 0.0977. The van der Waals surface area contributed by atoms with Gasteiger partial charge in [0.25, 0.3) is 17.4 Å². The molecule has 1 aromatic rings. The van der Waals surface area contributed by atoms with Crippen LogP contribution in [0.15, 0.2) is 36.5 Å². The summed E-state index contributed by atoms with van der Waals surface area (Å²) in [4.78, 5) is 46.1. The van der Waals surface area contributed by atoms with Crippen molar-refractivity contribution in [3.63, 3.8) is 0 Å². The van der Waals surface area contributed by atoms with Crippen molar-refractivity contribution in [3.05, 3.63) is 46.7 Å². The first-order valence-electron chi connectivity index (χ1n) is 8.34. The second-order valence-electron chi connectivity index (χ2n) is 6.03. The first-order chi connectivity index (χ1) is 13.6. The number of nitrogens with one attached hydrogen (secondary N) is 1. The molecule has 1 unspecified atom stereocenters. The Hall–Kier alpha value is -3.44. The molecule has 0 aliphatic carbocycles. The fourth-order valence-corrected chi connectivity index (χ4v) is 2.57. The third kappa shape index (κ3) is 6.30. The van der Waals surface area contributed by atoms with Gasteiger partial charge in [0.1, 0.15) is 6.04 Å². The predicted octanol–water partition coefficient (Wildman–Crippen LogP) is 2.19. The van der Waals surface area contributed by atoms with E-state index >= 15 is 0 Å². The lowest BCUT2D eigenvalue weighted by Crippen LogP contribution is -2.35. The van der Waals surface area contributed by atoms with Crippen LogP contribution in [0.4, 0.5) is 24.5 Å². The molecule has 0 bridgehead atoms. The zero-order valence-corrected chi connectivity index (χ0v) is 14.8. The highest BCUT2D eigenvalue weighted by atomic mass is 19.4. The van der Waals surface area contributed by atoms with E-state index in [1.807, 2.05) is 0 Å². The van der Waals surface area contributed by atoms with E-state index in [4.69, 9.17) is 4.74 Å². The molecule has 1 N–H and O–H groups in total. The zero-order chi connectivity index (χ0) is 21.6. The van der Waals surface area contributed by atoms with Crippen LogP contribution in [0, 0.1) is 10.1 Å². The van der Waals surface area contributed by atoms with Crippen LogP contribution in [0.25, 0.3) is 0 Å². The molecule has 29 heavy (non-hydrogen) atoms. The molecular formula is C17H16F3N3O6. The largest absolute Gasteiger partial charge is 0.454 e. The number of halogens is 3. The molecule has 1 aliphatic rings. The number of ether oxygens (including phenoxy) is 1. The van der Waals surface area contributed by atoms with Crippen molar-refractivity contribution in [1.29, 1.82) is 0 Å². The van der Waals surface area contributed by atoms with E-state index in [1.165, 1.54) is 29.2 Å². The number of alkyl halides is 3. The summed E-state index contributed by atoms with van der Waals surface area (Å²) in [6, 6.07) is 4.08. The Morgan fingerprint density at radius 3 is 2.52 bits per heavy atom. The minimum Gasteiger partial charge on any atom is -0.454 e. The van der Waals surface area contributed by atoms with Gasteiger partial charge in [-0.25, -0.2) is 4.79 Å². The van der Waals surface area contributed by atoms with Gasteiger partial charge in [-0.1, -0.05) is 0 Å². The number of amides is 1. The molecule has 156 valence electrons.